The number of aliphatic carboxylic acids is 1. The monoisotopic (exact) mass is 331 g/mol. The van der Waals surface area contributed by atoms with Crippen molar-refractivity contribution in [2.45, 2.75) is 19.3 Å². The number of carbonyl (C=O) groups is 2. The molecule has 2 heterocycles. The van der Waals surface area contributed by atoms with Crippen molar-refractivity contribution in [3.05, 3.63) is 46.5 Å². The van der Waals surface area contributed by atoms with Gasteiger partial charge in [0.05, 0.1) is 11.6 Å². The van der Waals surface area contributed by atoms with Crippen LogP contribution in [0.4, 0.5) is 0 Å². The molecule has 1 aliphatic rings. The van der Waals surface area contributed by atoms with E-state index in [1.54, 1.807) is 4.90 Å². The first-order valence-corrected chi connectivity index (χ1v) is 8.27. The summed E-state index contributed by atoms with van der Waals surface area (Å²) in [7, 11) is 0. The van der Waals surface area contributed by atoms with Gasteiger partial charge in [0.15, 0.2) is 0 Å². The quantitative estimate of drug-likeness (QED) is 0.927. The highest BCUT2D eigenvalue weighted by Crippen LogP contribution is 2.34. The lowest BCUT2D eigenvalue weighted by Crippen LogP contribution is -2.30. The number of nitrogens with zero attached hydrogens (tertiary/aromatic N) is 3. The first-order valence-electron chi connectivity index (χ1n) is 7.50. The van der Waals surface area contributed by atoms with Crippen molar-refractivity contribution in [1.29, 1.82) is 0 Å². The molecule has 1 aromatic carbocycles. The van der Waals surface area contributed by atoms with E-state index in [1.807, 2.05) is 37.3 Å². The molecule has 0 spiro atoms. The van der Waals surface area contributed by atoms with Gasteiger partial charge in [-0.25, -0.2) is 0 Å². The number of carboxylic acid groups (broad SMARTS) is 1. The van der Waals surface area contributed by atoms with E-state index in [9.17, 15) is 14.7 Å². The Morgan fingerprint density at radius 2 is 2.04 bits per heavy atom. The third-order valence-electron chi connectivity index (χ3n) is 4.24. The third kappa shape index (κ3) is 2.96. The van der Waals surface area contributed by atoms with Gasteiger partial charge in [-0.15, -0.1) is 5.10 Å². The molecule has 1 fully saturated rings. The Kier molecular flexibility index (Phi) is 4.38. The maximum absolute atomic E-state index is 12.7. The average Bonchev–Trinajstić information content (AvgIpc) is 3.22. The molecule has 1 amide bonds. The topological polar surface area (TPSA) is 83.4 Å². The normalized spacial score (nSPS) is 20.7. The molecule has 23 heavy (non-hydrogen) atoms. The molecule has 0 radical (unpaired) electrons. The fourth-order valence-corrected chi connectivity index (χ4v) is 3.72. The van der Waals surface area contributed by atoms with E-state index < -0.39 is 11.9 Å². The summed E-state index contributed by atoms with van der Waals surface area (Å²) in [5.74, 6) is -1.82. The summed E-state index contributed by atoms with van der Waals surface area (Å²) in [6.45, 7) is 2.54. The molecule has 0 bridgehead atoms. The third-order valence-corrected chi connectivity index (χ3v) is 4.99. The molecule has 2 atom stereocenters. The lowest BCUT2D eigenvalue weighted by molar-refractivity contribution is -0.141. The number of benzene rings is 1. The van der Waals surface area contributed by atoms with E-state index in [4.69, 9.17) is 0 Å². The second-order valence-electron chi connectivity index (χ2n) is 5.57. The maximum Gasteiger partial charge on any atom is 0.308 e. The van der Waals surface area contributed by atoms with Crippen LogP contribution < -0.4 is 0 Å². The minimum Gasteiger partial charge on any atom is -0.481 e. The Morgan fingerprint density at radius 1 is 1.30 bits per heavy atom. The zero-order valence-electron chi connectivity index (χ0n) is 12.7. The number of aromatic nitrogens is 2. The molecule has 0 saturated carbocycles. The number of hydrogen-bond acceptors (Lipinski definition) is 5. The van der Waals surface area contributed by atoms with Gasteiger partial charge in [0, 0.05) is 19.0 Å². The van der Waals surface area contributed by atoms with Crippen LogP contribution in [0.1, 0.15) is 33.8 Å². The molecule has 3 rings (SSSR count). The van der Waals surface area contributed by atoms with E-state index in [-0.39, 0.29) is 18.4 Å². The summed E-state index contributed by atoms with van der Waals surface area (Å²) in [6.07, 6.45) is 0.635. The van der Waals surface area contributed by atoms with Crippen molar-refractivity contribution in [2.24, 2.45) is 5.92 Å². The fraction of sp³-hybridized carbons (Fsp3) is 0.375. The number of likely N-dealkylation sites (tertiary alicyclic amines) is 1. The van der Waals surface area contributed by atoms with Crippen LogP contribution in [-0.4, -0.2) is 44.6 Å². The van der Waals surface area contributed by atoms with Gasteiger partial charge in [0.2, 0.25) is 0 Å². The van der Waals surface area contributed by atoms with Crippen molar-refractivity contribution >= 4 is 23.4 Å². The van der Waals surface area contributed by atoms with E-state index in [2.05, 4.69) is 9.59 Å². The van der Waals surface area contributed by atoms with Gasteiger partial charge in [-0.05, 0) is 23.5 Å². The molecule has 2 unspecified atom stereocenters. The number of aryl methyl sites for hydroxylation is 1. The Bertz CT molecular complexity index is 716. The van der Waals surface area contributed by atoms with Gasteiger partial charge in [-0.1, -0.05) is 41.7 Å². The standard InChI is InChI=1S/C16H17N3O3S/c1-2-13-14(23-18-17-13)15(20)19-8-11(12(9-19)16(21)22)10-6-4-3-5-7-10/h3-7,11-12H,2,8-9H2,1H3,(H,21,22). The molecule has 1 aromatic heterocycles. The van der Waals surface area contributed by atoms with Gasteiger partial charge in [-0.3, -0.25) is 9.59 Å². The van der Waals surface area contributed by atoms with Crippen LogP contribution >= 0.6 is 11.5 Å². The number of amides is 1. The number of carbonyl (C=O) groups excluding carboxylic acids is 1. The van der Waals surface area contributed by atoms with Gasteiger partial charge in [-0.2, -0.15) is 0 Å². The molecule has 120 valence electrons. The van der Waals surface area contributed by atoms with E-state index in [1.165, 1.54) is 0 Å². The zero-order chi connectivity index (χ0) is 16.4. The summed E-state index contributed by atoms with van der Waals surface area (Å²) < 4.78 is 3.84. The first-order chi connectivity index (χ1) is 11.1. The predicted octanol–water partition coefficient (Wildman–Crippen LogP) is 2.04. The Morgan fingerprint density at radius 3 is 2.70 bits per heavy atom. The Balaban J connectivity index is 1.86. The van der Waals surface area contributed by atoms with Crippen LogP contribution in [-0.2, 0) is 11.2 Å². The second-order valence-corrected chi connectivity index (χ2v) is 6.33. The van der Waals surface area contributed by atoms with Crippen molar-refractivity contribution < 1.29 is 14.7 Å². The van der Waals surface area contributed by atoms with Crippen molar-refractivity contribution in [3.63, 3.8) is 0 Å². The van der Waals surface area contributed by atoms with Crippen molar-refractivity contribution in [2.75, 3.05) is 13.1 Å². The highest BCUT2D eigenvalue weighted by Gasteiger charge is 2.41. The molecule has 1 saturated heterocycles. The van der Waals surface area contributed by atoms with Crippen LogP contribution in [0, 0.1) is 5.92 Å². The van der Waals surface area contributed by atoms with Crippen LogP contribution in [0.3, 0.4) is 0 Å². The highest BCUT2D eigenvalue weighted by molar-refractivity contribution is 7.08. The largest absolute Gasteiger partial charge is 0.481 e. The van der Waals surface area contributed by atoms with Gasteiger partial charge in [0.25, 0.3) is 5.91 Å². The van der Waals surface area contributed by atoms with Gasteiger partial charge >= 0.3 is 5.97 Å². The number of rotatable bonds is 4. The Labute approximate surface area is 137 Å². The van der Waals surface area contributed by atoms with Crippen molar-refractivity contribution in [3.8, 4) is 0 Å². The molecular weight excluding hydrogens is 314 g/mol. The van der Waals surface area contributed by atoms with Crippen LogP contribution in [0.5, 0.6) is 0 Å². The predicted molar refractivity (Wildman–Crippen MR) is 85.5 cm³/mol. The summed E-state index contributed by atoms with van der Waals surface area (Å²) >= 11 is 1.08. The van der Waals surface area contributed by atoms with E-state index >= 15 is 0 Å². The molecule has 6 nitrogen and oxygen atoms in total. The lowest BCUT2D eigenvalue weighted by Gasteiger charge is -2.15. The van der Waals surface area contributed by atoms with Gasteiger partial charge in [0.1, 0.15) is 4.88 Å². The SMILES string of the molecule is CCc1nnsc1C(=O)N1CC(C(=O)O)C(c2ccccc2)C1. The number of hydrogen-bond donors (Lipinski definition) is 1. The van der Waals surface area contributed by atoms with E-state index in [0.29, 0.717) is 23.5 Å². The molecule has 2 aromatic rings. The molecule has 0 aliphatic carbocycles. The smallest absolute Gasteiger partial charge is 0.308 e. The Hall–Kier alpha value is -2.28. The average molecular weight is 331 g/mol. The second kappa shape index (κ2) is 6.45. The minimum absolute atomic E-state index is 0.165. The molecule has 7 heteroatoms. The highest BCUT2D eigenvalue weighted by atomic mass is 32.1. The van der Waals surface area contributed by atoms with Gasteiger partial charge < -0.3 is 10.0 Å². The minimum atomic E-state index is -0.868. The zero-order valence-corrected chi connectivity index (χ0v) is 13.5. The van der Waals surface area contributed by atoms with Crippen LogP contribution in [0.15, 0.2) is 30.3 Å². The maximum atomic E-state index is 12.7. The summed E-state index contributed by atoms with van der Waals surface area (Å²) in [6, 6.07) is 9.51. The summed E-state index contributed by atoms with van der Waals surface area (Å²) in [4.78, 5) is 26.4. The molecule has 1 N–H and O–H groups in total. The molecular formula is C16H17N3O3S. The lowest BCUT2D eigenvalue weighted by atomic mass is 9.89. The molecule has 1 aliphatic heterocycles. The van der Waals surface area contributed by atoms with E-state index in [0.717, 1.165) is 17.1 Å². The van der Waals surface area contributed by atoms with Crippen LogP contribution in [0.25, 0.3) is 0 Å². The van der Waals surface area contributed by atoms with Crippen molar-refractivity contribution in [1.82, 2.24) is 14.5 Å². The fourth-order valence-electron chi connectivity index (χ4n) is 3.00. The summed E-state index contributed by atoms with van der Waals surface area (Å²) in [5, 5.41) is 13.5. The van der Waals surface area contributed by atoms with Crippen LogP contribution in [0.2, 0.25) is 0 Å². The number of carboxylic acids is 1. The summed E-state index contributed by atoms with van der Waals surface area (Å²) in [5.41, 5.74) is 1.63. The first kappa shape index (κ1) is 15.6.